The average Bonchev–Trinajstić information content (AvgIpc) is 2.42. The molecule has 0 fully saturated rings. The predicted octanol–water partition coefficient (Wildman–Crippen LogP) is 2.42. The molecule has 0 bridgehead atoms. The van der Waals surface area contributed by atoms with Gasteiger partial charge in [0.25, 0.3) is 0 Å². The van der Waals surface area contributed by atoms with E-state index in [1.165, 1.54) is 0 Å². The van der Waals surface area contributed by atoms with Crippen molar-refractivity contribution in [3.63, 3.8) is 0 Å². The summed E-state index contributed by atoms with van der Waals surface area (Å²) in [5, 5.41) is 0. The molecule has 1 atom stereocenters. The fraction of sp³-hybridized carbons (Fsp3) is 0.143. The van der Waals surface area contributed by atoms with Crippen LogP contribution >= 0.6 is 0 Å². The number of nitrogens with zero attached hydrogens (tertiary/aromatic N) is 1. The number of aldehydes is 1. The SMILES string of the molecule is COc1ccc(C(C=O)c2ccccn2)cc1. The first kappa shape index (κ1) is 11.3. The van der Waals surface area contributed by atoms with Crippen LogP contribution < -0.4 is 4.74 Å². The first-order chi connectivity index (χ1) is 8.35. The van der Waals surface area contributed by atoms with Crippen LogP contribution in [0.5, 0.6) is 5.75 Å². The number of benzene rings is 1. The predicted molar refractivity (Wildman–Crippen MR) is 65.1 cm³/mol. The second-order valence-corrected chi connectivity index (χ2v) is 3.64. The van der Waals surface area contributed by atoms with E-state index in [0.29, 0.717) is 0 Å². The lowest BCUT2D eigenvalue weighted by Gasteiger charge is -2.10. The van der Waals surface area contributed by atoms with E-state index in [1.807, 2.05) is 42.5 Å². The smallest absolute Gasteiger partial charge is 0.133 e. The lowest BCUT2D eigenvalue weighted by Crippen LogP contribution is -2.04. The summed E-state index contributed by atoms with van der Waals surface area (Å²) in [7, 11) is 1.62. The third kappa shape index (κ3) is 2.50. The van der Waals surface area contributed by atoms with Crippen LogP contribution in [0.2, 0.25) is 0 Å². The van der Waals surface area contributed by atoms with Crippen LogP contribution in [0.15, 0.2) is 48.7 Å². The molecule has 1 unspecified atom stereocenters. The van der Waals surface area contributed by atoms with Crippen molar-refractivity contribution >= 4 is 6.29 Å². The molecule has 0 spiro atoms. The number of hydrogen-bond acceptors (Lipinski definition) is 3. The lowest BCUT2D eigenvalue weighted by molar-refractivity contribution is -0.108. The van der Waals surface area contributed by atoms with Gasteiger partial charge in [-0.1, -0.05) is 18.2 Å². The largest absolute Gasteiger partial charge is 0.497 e. The van der Waals surface area contributed by atoms with Crippen molar-refractivity contribution in [2.45, 2.75) is 5.92 Å². The molecule has 0 aliphatic heterocycles. The van der Waals surface area contributed by atoms with E-state index in [0.717, 1.165) is 23.3 Å². The van der Waals surface area contributed by atoms with Gasteiger partial charge in [-0.05, 0) is 29.8 Å². The summed E-state index contributed by atoms with van der Waals surface area (Å²) >= 11 is 0. The van der Waals surface area contributed by atoms with Gasteiger partial charge in [0.05, 0.1) is 18.7 Å². The minimum atomic E-state index is -0.317. The second kappa shape index (κ2) is 5.25. The molecule has 1 aromatic heterocycles. The average molecular weight is 227 g/mol. The second-order valence-electron chi connectivity index (χ2n) is 3.64. The van der Waals surface area contributed by atoms with Crippen LogP contribution in [0, 0.1) is 0 Å². The maximum absolute atomic E-state index is 11.2. The van der Waals surface area contributed by atoms with E-state index < -0.39 is 0 Å². The summed E-state index contributed by atoms with van der Waals surface area (Å²) in [6.45, 7) is 0. The molecule has 1 heterocycles. The standard InChI is InChI=1S/C14H13NO2/c1-17-12-7-5-11(6-8-12)13(10-16)14-4-2-3-9-15-14/h2-10,13H,1H3. The van der Waals surface area contributed by atoms with E-state index in [2.05, 4.69) is 4.98 Å². The van der Waals surface area contributed by atoms with Crippen LogP contribution in [-0.2, 0) is 4.79 Å². The zero-order valence-corrected chi connectivity index (χ0v) is 9.54. The maximum atomic E-state index is 11.2. The molecule has 0 aliphatic rings. The molecule has 0 N–H and O–H groups in total. The topological polar surface area (TPSA) is 39.2 Å². The monoisotopic (exact) mass is 227 g/mol. The fourth-order valence-electron chi connectivity index (χ4n) is 1.69. The van der Waals surface area contributed by atoms with Crippen LogP contribution in [0.1, 0.15) is 17.2 Å². The van der Waals surface area contributed by atoms with Crippen molar-refractivity contribution in [2.75, 3.05) is 7.11 Å². The summed E-state index contributed by atoms with van der Waals surface area (Å²) in [5.41, 5.74) is 1.67. The highest BCUT2D eigenvalue weighted by Gasteiger charge is 2.13. The molecular formula is C14H13NO2. The summed E-state index contributed by atoms with van der Waals surface area (Å²) in [6.07, 6.45) is 2.60. The molecule has 2 aromatic rings. The van der Waals surface area contributed by atoms with Gasteiger partial charge in [-0.15, -0.1) is 0 Å². The molecule has 0 aliphatic carbocycles. The Morgan fingerprint density at radius 3 is 2.47 bits per heavy atom. The third-order valence-electron chi connectivity index (χ3n) is 2.62. The van der Waals surface area contributed by atoms with Gasteiger partial charge >= 0.3 is 0 Å². The third-order valence-corrected chi connectivity index (χ3v) is 2.62. The quantitative estimate of drug-likeness (QED) is 0.753. The Balaban J connectivity index is 2.32. The Bertz CT molecular complexity index is 479. The summed E-state index contributed by atoms with van der Waals surface area (Å²) in [5.74, 6) is 0.460. The number of aromatic nitrogens is 1. The Kier molecular flexibility index (Phi) is 3.50. The maximum Gasteiger partial charge on any atom is 0.133 e. The van der Waals surface area contributed by atoms with E-state index >= 15 is 0 Å². The van der Waals surface area contributed by atoms with E-state index in [4.69, 9.17) is 4.74 Å². The number of carbonyl (C=O) groups is 1. The highest BCUT2D eigenvalue weighted by atomic mass is 16.5. The van der Waals surface area contributed by atoms with Crippen LogP contribution in [0.3, 0.4) is 0 Å². The molecule has 2 rings (SSSR count). The normalized spacial score (nSPS) is 11.8. The van der Waals surface area contributed by atoms with Gasteiger partial charge in [0.2, 0.25) is 0 Å². The summed E-state index contributed by atoms with van der Waals surface area (Å²) < 4.78 is 5.08. The number of rotatable bonds is 4. The van der Waals surface area contributed by atoms with Crippen molar-refractivity contribution in [1.82, 2.24) is 4.98 Å². The molecule has 3 nitrogen and oxygen atoms in total. The van der Waals surface area contributed by atoms with Crippen molar-refractivity contribution in [3.8, 4) is 5.75 Å². The first-order valence-corrected chi connectivity index (χ1v) is 5.35. The number of carbonyl (C=O) groups excluding carboxylic acids is 1. The fourth-order valence-corrected chi connectivity index (χ4v) is 1.69. The molecule has 17 heavy (non-hydrogen) atoms. The van der Waals surface area contributed by atoms with Gasteiger partial charge in [-0.25, -0.2) is 0 Å². The Morgan fingerprint density at radius 1 is 1.18 bits per heavy atom. The van der Waals surface area contributed by atoms with Crippen LogP contribution in [0.25, 0.3) is 0 Å². The summed E-state index contributed by atoms with van der Waals surface area (Å²) in [6, 6.07) is 13.0. The number of hydrogen-bond donors (Lipinski definition) is 0. The van der Waals surface area contributed by atoms with Gasteiger partial charge in [0.15, 0.2) is 0 Å². The van der Waals surface area contributed by atoms with Gasteiger partial charge < -0.3 is 9.53 Å². The van der Waals surface area contributed by atoms with E-state index in [-0.39, 0.29) is 5.92 Å². The molecule has 0 saturated carbocycles. The first-order valence-electron chi connectivity index (χ1n) is 5.35. The highest BCUT2D eigenvalue weighted by molar-refractivity contribution is 5.67. The molecule has 0 radical (unpaired) electrons. The molecule has 0 amide bonds. The van der Waals surface area contributed by atoms with Crippen molar-refractivity contribution < 1.29 is 9.53 Å². The Morgan fingerprint density at radius 2 is 1.94 bits per heavy atom. The van der Waals surface area contributed by atoms with E-state index in [1.54, 1.807) is 13.3 Å². The zero-order chi connectivity index (χ0) is 12.1. The number of pyridine rings is 1. The minimum absolute atomic E-state index is 0.317. The highest BCUT2D eigenvalue weighted by Crippen LogP contribution is 2.22. The van der Waals surface area contributed by atoms with Crippen molar-refractivity contribution in [1.29, 1.82) is 0 Å². The van der Waals surface area contributed by atoms with Gasteiger partial charge in [0, 0.05) is 6.20 Å². The number of methoxy groups -OCH3 is 1. The molecule has 3 heteroatoms. The van der Waals surface area contributed by atoms with Crippen LogP contribution in [-0.4, -0.2) is 18.4 Å². The Labute approximate surface area is 100 Å². The van der Waals surface area contributed by atoms with Gasteiger partial charge in [-0.3, -0.25) is 4.98 Å². The molecule has 0 saturated heterocycles. The van der Waals surface area contributed by atoms with E-state index in [9.17, 15) is 4.79 Å². The molecule has 86 valence electrons. The Hall–Kier alpha value is -2.16. The van der Waals surface area contributed by atoms with Gasteiger partial charge in [0.1, 0.15) is 12.0 Å². The van der Waals surface area contributed by atoms with Gasteiger partial charge in [-0.2, -0.15) is 0 Å². The van der Waals surface area contributed by atoms with Crippen molar-refractivity contribution in [2.24, 2.45) is 0 Å². The minimum Gasteiger partial charge on any atom is -0.497 e. The van der Waals surface area contributed by atoms with Crippen LogP contribution in [0.4, 0.5) is 0 Å². The molecular weight excluding hydrogens is 214 g/mol. The summed E-state index contributed by atoms with van der Waals surface area (Å²) in [4.78, 5) is 15.4. The number of ether oxygens (including phenoxy) is 1. The lowest BCUT2D eigenvalue weighted by atomic mass is 9.97. The van der Waals surface area contributed by atoms with Crippen molar-refractivity contribution in [3.05, 3.63) is 59.9 Å². The molecule has 1 aromatic carbocycles. The zero-order valence-electron chi connectivity index (χ0n) is 9.54.